The summed E-state index contributed by atoms with van der Waals surface area (Å²) in [5, 5.41) is 36.7. The van der Waals surface area contributed by atoms with Gasteiger partial charge >= 0.3 is 0 Å². The lowest BCUT2D eigenvalue weighted by atomic mass is 9.73. The molecule has 6 nitrogen and oxygen atoms in total. The summed E-state index contributed by atoms with van der Waals surface area (Å²) < 4.78 is 0. The standard InChI is InChI=1S/C22H32N2O4/c1-21(2)9-13(23)19(17(27)11-21)15(25)7-5-6-8-16(26)20-14(24)10-22(3,4)12-18(20)28/h23-26H,5-12H2,1-4H3/b19-15+,20-16+,23-13?,24-14?. The van der Waals surface area contributed by atoms with Crippen LogP contribution in [-0.2, 0) is 9.59 Å². The molecular weight excluding hydrogens is 356 g/mol. The van der Waals surface area contributed by atoms with Crippen molar-refractivity contribution >= 4 is 23.0 Å². The number of allylic oxidation sites excluding steroid dienone is 4. The highest BCUT2D eigenvalue weighted by molar-refractivity contribution is 6.24. The van der Waals surface area contributed by atoms with Crippen LogP contribution in [0.15, 0.2) is 22.7 Å². The number of aliphatic hydroxyl groups is 2. The second kappa shape index (κ2) is 8.02. The first-order chi connectivity index (χ1) is 12.8. The van der Waals surface area contributed by atoms with Crippen LogP contribution in [0.1, 0.15) is 79.1 Å². The summed E-state index contributed by atoms with van der Waals surface area (Å²) in [7, 11) is 0. The van der Waals surface area contributed by atoms with Crippen molar-refractivity contribution in [3.63, 3.8) is 0 Å². The minimum atomic E-state index is -0.249. The molecule has 2 aliphatic carbocycles. The molecule has 28 heavy (non-hydrogen) atoms. The molecule has 4 N–H and O–H groups in total. The molecule has 2 rings (SSSR count). The number of rotatable bonds is 5. The molecule has 0 amide bonds. The fourth-order valence-corrected chi connectivity index (χ4v) is 4.15. The summed E-state index contributed by atoms with van der Waals surface area (Å²) >= 11 is 0. The fourth-order valence-electron chi connectivity index (χ4n) is 4.15. The number of carbonyl (C=O) groups is 2. The molecule has 0 aromatic heterocycles. The van der Waals surface area contributed by atoms with E-state index in [1.165, 1.54) is 0 Å². The van der Waals surface area contributed by atoms with Gasteiger partial charge in [-0.3, -0.25) is 9.59 Å². The molecule has 2 fully saturated rings. The molecule has 2 aliphatic rings. The van der Waals surface area contributed by atoms with Gasteiger partial charge in [-0.05, 0) is 36.5 Å². The largest absolute Gasteiger partial charge is 0.511 e. The molecule has 0 aliphatic heterocycles. The summed E-state index contributed by atoms with van der Waals surface area (Å²) in [6, 6.07) is 0. The maximum atomic E-state index is 12.3. The summed E-state index contributed by atoms with van der Waals surface area (Å²) in [5.74, 6) is -0.484. The Bertz CT molecular complexity index is 674. The van der Waals surface area contributed by atoms with E-state index in [9.17, 15) is 19.8 Å². The van der Waals surface area contributed by atoms with Gasteiger partial charge in [-0.25, -0.2) is 0 Å². The van der Waals surface area contributed by atoms with Crippen molar-refractivity contribution in [3.05, 3.63) is 22.7 Å². The number of ketones is 2. The van der Waals surface area contributed by atoms with Crippen molar-refractivity contribution in [2.75, 3.05) is 0 Å². The monoisotopic (exact) mass is 388 g/mol. The third-order valence-electron chi connectivity index (χ3n) is 5.40. The maximum Gasteiger partial charge on any atom is 0.168 e. The van der Waals surface area contributed by atoms with E-state index in [1.807, 2.05) is 27.7 Å². The Morgan fingerprint density at radius 2 is 1.07 bits per heavy atom. The van der Waals surface area contributed by atoms with E-state index in [-0.39, 0.29) is 69.3 Å². The van der Waals surface area contributed by atoms with Crippen molar-refractivity contribution in [1.29, 1.82) is 10.8 Å². The zero-order valence-corrected chi connectivity index (χ0v) is 17.4. The quantitative estimate of drug-likeness (QED) is 0.301. The predicted molar refractivity (Wildman–Crippen MR) is 109 cm³/mol. The summed E-state index contributed by atoms with van der Waals surface area (Å²) in [6.45, 7) is 7.76. The lowest BCUT2D eigenvalue weighted by Crippen LogP contribution is -2.32. The summed E-state index contributed by atoms with van der Waals surface area (Å²) in [6.07, 6.45) is 3.12. The number of Topliss-reactive ketones (excluding diaryl/α,β-unsaturated/α-hetero) is 2. The van der Waals surface area contributed by atoms with Crippen LogP contribution in [0.25, 0.3) is 0 Å². The maximum absolute atomic E-state index is 12.3. The van der Waals surface area contributed by atoms with Crippen LogP contribution in [0.5, 0.6) is 0 Å². The van der Waals surface area contributed by atoms with Crippen molar-refractivity contribution in [2.45, 2.75) is 79.1 Å². The number of hydrogen-bond donors (Lipinski definition) is 4. The number of aliphatic hydroxyl groups excluding tert-OH is 2. The molecule has 0 saturated heterocycles. The zero-order chi connectivity index (χ0) is 21.3. The molecule has 154 valence electrons. The lowest BCUT2D eigenvalue weighted by Gasteiger charge is -2.30. The normalized spacial score (nSPS) is 25.7. The average Bonchev–Trinajstić information content (AvgIpc) is 2.47. The molecule has 0 aromatic carbocycles. The lowest BCUT2D eigenvalue weighted by molar-refractivity contribution is -0.118. The smallest absolute Gasteiger partial charge is 0.168 e. The number of carbonyl (C=O) groups excluding carboxylic acids is 2. The highest BCUT2D eigenvalue weighted by atomic mass is 16.3. The van der Waals surface area contributed by atoms with Crippen LogP contribution in [0, 0.1) is 21.6 Å². The van der Waals surface area contributed by atoms with Crippen LogP contribution in [-0.4, -0.2) is 33.2 Å². The van der Waals surface area contributed by atoms with E-state index in [0.717, 1.165) is 0 Å². The van der Waals surface area contributed by atoms with Gasteiger partial charge in [0.05, 0.1) is 11.1 Å². The first-order valence-electron chi connectivity index (χ1n) is 9.89. The van der Waals surface area contributed by atoms with Gasteiger partial charge in [0.1, 0.15) is 11.5 Å². The molecule has 2 saturated carbocycles. The SMILES string of the molecule is CC1(C)CC(=N)/C(=C(\O)CCCC/C(O)=C2/C(=N)CC(C)(C)CC2=O)C(=O)C1. The number of nitrogens with one attached hydrogen (secondary N) is 2. The Kier molecular flexibility index (Phi) is 6.31. The van der Waals surface area contributed by atoms with Gasteiger partial charge in [-0.1, -0.05) is 27.7 Å². The van der Waals surface area contributed by atoms with E-state index in [0.29, 0.717) is 38.5 Å². The minimum absolute atomic E-state index is 0.0547. The van der Waals surface area contributed by atoms with E-state index >= 15 is 0 Å². The minimum Gasteiger partial charge on any atom is -0.511 e. The molecule has 0 heterocycles. The fraction of sp³-hybridized carbons (Fsp3) is 0.636. The van der Waals surface area contributed by atoms with Crippen LogP contribution in [0.4, 0.5) is 0 Å². The van der Waals surface area contributed by atoms with Crippen LogP contribution < -0.4 is 0 Å². The van der Waals surface area contributed by atoms with Crippen LogP contribution in [0.2, 0.25) is 0 Å². The first kappa shape index (κ1) is 22.1. The second-order valence-electron chi connectivity index (χ2n) is 9.69. The van der Waals surface area contributed by atoms with Gasteiger partial charge in [0.2, 0.25) is 0 Å². The average molecular weight is 389 g/mol. The van der Waals surface area contributed by atoms with Crippen molar-refractivity contribution in [1.82, 2.24) is 0 Å². The summed E-state index contributed by atoms with van der Waals surface area (Å²) in [4.78, 5) is 24.5. The van der Waals surface area contributed by atoms with Crippen LogP contribution >= 0.6 is 0 Å². The summed E-state index contributed by atoms with van der Waals surface area (Å²) in [5.41, 5.74) is 0.171. The van der Waals surface area contributed by atoms with E-state index in [2.05, 4.69) is 0 Å². The van der Waals surface area contributed by atoms with Gasteiger partial charge in [0, 0.05) is 37.1 Å². The molecule has 0 unspecified atom stereocenters. The third kappa shape index (κ3) is 5.18. The van der Waals surface area contributed by atoms with Gasteiger partial charge in [-0.2, -0.15) is 0 Å². The van der Waals surface area contributed by atoms with Crippen molar-refractivity contribution < 1.29 is 19.8 Å². The Hall–Kier alpha value is -2.24. The topological polar surface area (TPSA) is 122 Å². The Balaban J connectivity index is 1.95. The van der Waals surface area contributed by atoms with E-state index in [1.54, 1.807) is 0 Å². The van der Waals surface area contributed by atoms with E-state index < -0.39 is 0 Å². The van der Waals surface area contributed by atoms with Gasteiger partial charge in [0.25, 0.3) is 0 Å². The third-order valence-corrected chi connectivity index (χ3v) is 5.40. The molecule has 0 aromatic rings. The molecule has 0 spiro atoms. The molecule has 0 radical (unpaired) electrons. The van der Waals surface area contributed by atoms with Gasteiger partial charge in [0.15, 0.2) is 11.6 Å². The first-order valence-corrected chi connectivity index (χ1v) is 9.89. The zero-order valence-electron chi connectivity index (χ0n) is 17.4. The Morgan fingerprint density at radius 1 is 0.750 bits per heavy atom. The molecule has 6 heteroatoms. The number of unbranched alkanes of at least 4 members (excludes halogenated alkanes) is 1. The van der Waals surface area contributed by atoms with Crippen LogP contribution in [0.3, 0.4) is 0 Å². The molecule has 0 atom stereocenters. The highest BCUT2D eigenvalue weighted by Crippen LogP contribution is 2.36. The van der Waals surface area contributed by atoms with Crippen molar-refractivity contribution in [2.24, 2.45) is 10.8 Å². The van der Waals surface area contributed by atoms with Gasteiger partial charge < -0.3 is 21.0 Å². The number of hydrogen-bond acceptors (Lipinski definition) is 6. The van der Waals surface area contributed by atoms with Crippen molar-refractivity contribution in [3.8, 4) is 0 Å². The Labute approximate surface area is 166 Å². The molecule has 0 bridgehead atoms. The van der Waals surface area contributed by atoms with E-state index in [4.69, 9.17) is 10.8 Å². The molecular formula is C22H32N2O4. The second-order valence-corrected chi connectivity index (χ2v) is 9.69. The van der Waals surface area contributed by atoms with Gasteiger partial charge in [-0.15, -0.1) is 0 Å². The predicted octanol–water partition coefficient (Wildman–Crippen LogP) is 4.99. The highest BCUT2D eigenvalue weighted by Gasteiger charge is 2.36. The Morgan fingerprint density at radius 3 is 1.36 bits per heavy atom.